The molecule has 0 bridgehead atoms. The second-order valence-electron chi connectivity index (χ2n) is 5.26. The normalized spacial score (nSPS) is 15.8. The lowest BCUT2D eigenvalue weighted by molar-refractivity contribution is 0.0951. The minimum absolute atomic E-state index is 0.257. The van der Waals surface area contributed by atoms with Gasteiger partial charge in [-0.1, -0.05) is 12.1 Å². The largest absolute Gasteiger partial charge is 0.357 e. The van der Waals surface area contributed by atoms with Crippen molar-refractivity contribution in [3.05, 3.63) is 48.3 Å². The lowest BCUT2D eigenvalue weighted by Gasteiger charge is -2.10. The monoisotopic (exact) mass is 309 g/mol. The van der Waals surface area contributed by atoms with Crippen LogP contribution in [0.3, 0.4) is 0 Å². The average molecular weight is 309 g/mol. The van der Waals surface area contributed by atoms with Crippen molar-refractivity contribution >= 4 is 28.3 Å². The van der Waals surface area contributed by atoms with Gasteiger partial charge in [0.2, 0.25) is 12.2 Å². The number of carbonyl (C=O) groups excluding carboxylic acids is 1. The molecule has 1 aromatic heterocycles. The van der Waals surface area contributed by atoms with E-state index in [0.29, 0.717) is 5.82 Å². The Kier molecular flexibility index (Phi) is 2.95. The minimum atomic E-state index is -0.807. The number of hydrogen-bond donors (Lipinski definition) is 4. The number of aliphatic hydroxyl groups is 1. The molecule has 1 atom stereocenters. The highest BCUT2D eigenvalue weighted by molar-refractivity contribution is 5.96. The van der Waals surface area contributed by atoms with E-state index in [1.165, 1.54) is 0 Å². The van der Waals surface area contributed by atoms with Crippen molar-refractivity contribution in [2.75, 3.05) is 17.7 Å². The molecule has 0 aliphatic carbocycles. The summed E-state index contributed by atoms with van der Waals surface area (Å²) >= 11 is 0. The van der Waals surface area contributed by atoms with Crippen LogP contribution in [0.5, 0.6) is 0 Å². The minimum Gasteiger partial charge on any atom is -0.357 e. The molecule has 4 N–H and O–H groups in total. The van der Waals surface area contributed by atoms with Gasteiger partial charge in [0.1, 0.15) is 0 Å². The van der Waals surface area contributed by atoms with Crippen LogP contribution in [-0.4, -0.2) is 34.0 Å². The topological polar surface area (TPSA) is 91.2 Å². The summed E-state index contributed by atoms with van der Waals surface area (Å²) in [4.78, 5) is 16.6. The first kappa shape index (κ1) is 13.6. The van der Waals surface area contributed by atoms with E-state index in [-0.39, 0.29) is 5.91 Å². The maximum Gasteiger partial charge on any atom is 0.287 e. The molecule has 7 nitrogen and oxygen atoms in total. The van der Waals surface area contributed by atoms with Gasteiger partial charge in [0.05, 0.1) is 28.1 Å². The summed E-state index contributed by atoms with van der Waals surface area (Å²) in [6, 6.07) is 13.2. The Balaban J connectivity index is 1.94. The molecule has 2 heterocycles. The maximum absolute atomic E-state index is 12.2. The fourth-order valence-corrected chi connectivity index (χ4v) is 2.80. The molecule has 23 heavy (non-hydrogen) atoms. The highest BCUT2D eigenvalue weighted by Crippen LogP contribution is 2.32. The predicted octanol–water partition coefficient (Wildman–Crippen LogP) is 1.50. The molecule has 3 aromatic rings. The fourth-order valence-electron chi connectivity index (χ4n) is 2.80. The van der Waals surface area contributed by atoms with E-state index in [1.807, 2.05) is 42.5 Å². The third-order valence-electron chi connectivity index (χ3n) is 3.84. The molecule has 1 amide bonds. The smallest absolute Gasteiger partial charge is 0.287 e. The molecule has 1 aliphatic heterocycles. The summed E-state index contributed by atoms with van der Waals surface area (Å²) in [7, 11) is 1.58. The number of aliphatic hydroxyl groups excluding tert-OH is 1. The third kappa shape index (κ3) is 2.09. The first-order valence-corrected chi connectivity index (χ1v) is 7.22. The number of anilines is 2. The number of nitrogens with one attached hydrogen (secondary N) is 3. The van der Waals surface area contributed by atoms with Crippen molar-refractivity contribution in [1.82, 2.24) is 14.9 Å². The first-order valence-electron chi connectivity index (χ1n) is 7.22. The van der Waals surface area contributed by atoms with E-state index < -0.39 is 6.35 Å². The van der Waals surface area contributed by atoms with Crippen LogP contribution in [0, 0.1) is 0 Å². The van der Waals surface area contributed by atoms with E-state index >= 15 is 0 Å². The second kappa shape index (κ2) is 4.99. The van der Waals surface area contributed by atoms with Crippen LogP contribution in [0.25, 0.3) is 16.7 Å². The Bertz CT molecular complexity index is 918. The Morgan fingerprint density at radius 1 is 1.22 bits per heavy atom. The summed E-state index contributed by atoms with van der Waals surface area (Å²) in [5.74, 6) is 0.0629. The van der Waals surface area contributed by atoms with Crippen molar-refractivity contribution < 1.29 is 9.90 Å². The third-order valence-corrected chi connectivity index (χ3v) is 3.84. The molecule has 116 valence electrons. The van der Waals surface area contributed by atoms with Gasteiger partial charge in [0.15, 0.2) is 0 Å². The van der Waals surface area contributed by atoms with Gasteiger partial charge < -0.3 is 21.1 Å². The van der Waals surface area contributed by atoms with Gasteiger partial charge in [0, 0.05) is 7.05 Å². The maximum atomic E-state index is 12.2. The molecule has 0 spiro atoms. The average Bonchev–Trinajstić information content (AvgIpc) is 3.12. The van der Waals surface area contributed by atoms with Crippen molar-refractivity contribution in [1.29, 1.82) is 0 Å². The van der Waals surface area contributed by atoms with Crippen LogP contribution in [0.4, 0.5) is 11.4 Å². The molecule has 0 fully saturated rings. The summed E-state index contributed by atoms with van der Waals surface area (Å²) in [6.07, 6.45) is -0.807. The molecular weight excluding hydrogens is 294 g/mol. The molecule has 1 aliphatic rings. The van der Waals surface area contributed by atoms with E-state index in [1.54, 1.807) is 11.6 Å². The van der Waals surface area contributed by atoms with Gasteiger partial charge in [-0.15, -0.1) is 0 Å². The lowest BCUT2D eigenvalue weighted by atomic mass is 10.2. The van der Waals surface area contributed by atoms with Crippen LogP contribution in [-0.2, 0) is 0 Å². The van der Waals surface area contributed by atoms with Crippen molar-refractivity contribution in [3.63, 3.8) is 0 Å². The zero-order valence-corrected chi connectivity index (χ0v) is 12.4. The van der Waals surface area contributed by atoms with Gasteiger partial charge in [-0.25, -0.2) is 4.98 Å². The zero-order valence-electron chi connectivity index (χ0n) is 12.4. The number of carbonyl (C=O) groups is 1. The number of para-hydroxylation sites is 2. The standard InChI is InChI=1S/C16H15N5O2/c1-17-15(22)14-18-11-4-2-3-5-13(11)21(14)9-6-7-10-12(8-9)20-16(23)19-10/h2-8,16,19-20,23H,1H3,(H,17,22). The quantitative estimate of drug-likeness (QED) is 0.576. The van der Waals surface area contributed by atoms with E-state index in [2.05, 4.69) is 20.9 Å². The highest BCUT2D eigenvalue weighted by Gasteiger charge is 2.21. The Labute approximate surface area is 132 Å². The van der Waals surface area contributed by atoms with Crippen LogP contribution >= 0.6 is 0 Å². The summed E-state index contributed by atoms with van der Waals surface area (Å²) in [5.41, 5.74) is 3.97. The first-order chi connectivity index (χ1) is 11.2. The van der Waals surface area contributed by atoms with E-state index in [0.717, 1.165) is 28.1 Å². The molecule has 0 saturated heterocycles. The molecule has 4 rings (SSSR count). The van der Waals surface area contributed by atoms with Crippen LogP contribution in [0.1, 0.15) is 10.6 Å². The van der Waals surface area contributed by atoms with Crippen molar-refractivity contribution in [2.45, 2.75) is 6.35 Å². The van der Waals surface area contributed by atoms with Gasteiger partial charge in [-0.3, -0.25) is 9.36 Å². The molecule has 2 aromatic carbocycles. The number of rotatable bonds is 2. The SMILES string of the molecule is CNC(=O)c1nc2ccccc2n1-c1ccc2c(c1)NC(O)N2. The highest BCUT2D eigenvalue weighted by atomic mass is 16.3. The zero-order chi connectivity index (χ0) is 16.0. The van der Waals surface area contributed by atoms with Crippen LogP contribution < -0.4 is 16.0 Å². The number of fused-ring (bicyclic) bond motifs is 2. The molecule has 0 saturated carbocycles. The molecule has 1 unspecified atom stereocenters. The predicted molar refractivity (Wildman–Crippen MR) is 87.7 cm³/mol. The summed E-state index contributed by atoms with van der Waals surface area (Å²) < 4.78 is 1.81. The van der Waals surface area contributed by atoms with E-state index in [4.69, 9.17) is 0 Å². The van der Waals surface area contributed by atoms with E-state index in [9.17, 15) is 9.90 Å². The Morgan fingerprint density at radius 3 is 2.83 bits per heavy atom. The number of benzene rings is 2. The number of imidazole rings is 1. The van der Waals surface area contributed by atoms with Gasteiger partial charge in [-0.05, 0) is 30.3 Å². The number of nitrogens with zero attached hydrogens (tertiary/aromatic N) is 2. The Hall–Kier alpha value is -3.06. The number of aromatic nitrogens is 2. The molecular formula is C16H15N5O2. The number of amides is 1. The van der Waals surface area contributed by atoms with Gasteiger partial charge in [0.25, 0.3) is 5.91 Å². The molecule has 0 radical (unpaired) electrons. The lowest BCUT2D eigenvalue weighted by Crippen LogP contribution is -2.22. The number of hydrogen-bond acceptors (Lipinski definition) is 5. The van der Waals surface area contributed by atoms with Gasteiger partial charge >= 0.3 is 0 Å². The second-order valence-corrected chi connectivity index (χ2v) is 5.26. The van der Waals surface area contributed by atoms with Gasteiger partial charge in [-0.2, -0.15) is 0 Å². The molecule has 7 heteroatoms. The Morgan fingerprint density at radius 2 is 2.00 bits per heavy atom. The van der Waals surface area contributed by atoms with Crippen LogP contribution in [0.2, 0.25) is 0 Å². The summed E-state index contributed by atoms with van der Waals surface area (Å²) in [5, 5.41) is 18.1. The summed E-state index contributed by atoms with van der Waals surface area (Å²) in [6.45, 7) is 0. The van der Waals surface area contributed by atoms with Crippen LogP contribution in [0.15, 0.2) is 42.5 Å². The van der Waals surface area contributed by atoms with Crippen molar-refractivity contribution in [2.24, 2.45) is 0 Å². The fraction of sp³-hybridized carbons (Fsp3) is 0.125. The van der Waals surface area contributed by atoms with Crippen molar-refractivity contribution in [3.8, 4) is 5.69 Å².